The SMILES string of the molecule is C#Cc1ccc(C(=C)CCC#N)cc1. The second-order valence-corrected chi connectivity index (χ2v) is 2.98. The molecule has 68 valence electrons. The zero-order chi connectivity index (χ0) is 10.4. The summed E-state index contributed by atoms with van der Waals surface area (Å²) in [6, 6.07) is 9.74. The molecule has 0 amide bonds. The first kappa shape index (κ1) is 10.1. The molecule has 0 aliphatic rings. The van der Waals surface area contributed by atoms with Crippen LogP contribution in [0.3, 0.4) is 0 Å². The number of hydrogen-bond acceptors (Lipinski definition) is 1. The highest BCUT2D eigenvalue weighted by atomic mass is 14.2. The van der Waals surface area contributed by atoms with E-state index >= 15 is 0 Å². The van der Waals surface area contributed by atoms with E-state index in [2.05, 4.69) is 18.6 Å². The average molecular weight is 181 g/mol. The third-order valence-corrected chi connectivity index (χ3v) is 2.00. The second-order valence-electron chi connectivity index (χ2n) is 2.98. The monoisotopic (exact) mass is 181 g/mol. The molecule has 0 atom stereocenters. The molecular formula is C13H11N. The highest BCUT2D eigenvalue weighted by Gasteiger charge is 1.97. The van der Waals surface area contributed by atoms with Crippen molar-refractivity contribution in [3.8, 4) is 18.4 Å². The number of nitriles is 1. The van der Waals surface area contributed by atoms with Gasteiger partial charge >= 0.3 is 0 Å². The van der Waals surface area contributed by atoms with E-state index < -0.39 is 0 Å². The normalized spacial score (nSPS) is 8.71. The summed E-state index contributed by atoms with van der Waals surface area (Å²) in [4.78, 5) is 0. The van der Waals surface area contributed by atoms with Crippen molar-refractivity contribution in [2.45, 2.75) is 12.8 Å². The first-order valence-electron chi connectivity index (χ1n) is 4.39. The van der Waals surface area contributed by atoms with Gasteiger partial charge in [-0.15, -0.1) is 6.42 Å². The van der Waals surface area contributed by atoms with E-state index in [1.165, 1.54) is 0 Å². The zero-order valence-corrected chi connectivity index (χ0v) is 7.96. The minimum Gasteiger partial charge on any atom is -0.198 e. The number of nitrogens with zero attached hydrogens (tertiary/aromatic N) is 1. The smallest absolute Gasteiger partial charge is 0.0625 e. The van der Waals surface area contributed by atoms with Gasteiger partial charge < -0.3 is 0 Å². The fourth-order valence-corrected chi connectivity index (χ4v) is 1.15. The average Bonchev–Trinajstić information content (AvgIpc) is 2.26. The van der Waals surface area contributed by atoms with Crippen molar-refractivity contribution in [1.29, 1.82) is 5.26 Å². The quantitative estimate of drug-likeness (QED) is 0.657. The van der Waals surface area contributed by atoms with E-state index in [0.29, 0.717) is 12.8 Å². The molecule has 0 aromatic heterocycles. The van der Waals surface area contributed by atoms with E-state index in [4.69, 9.17) is 11.7 Å². The Labute approximate surface area is 84.7 Å². The molecule has 1 heteroatoms. The van der Waals surface area contributed by atoms with Crippen molar-refractivity contribution in [1.82, 2.24) is 0 Å². The topological polar surface area (TPSA) is 23.8 Å². The fourth-order valence-electron chi connectivity index (χ4n) is 1.15. The molecule has 1 aromatic rings. The van der Waals surface area contributed by atoms with Crippen LogP contribution in [0.25, 0.3) is 5.57 Å². The van der Waals surface area contributed by atoms with Crippen molar-refractivity contribution < 1.29 is 0 Å². The van der Waals surface area contributed by atoms with Crippen LogP contribution >= 0.6 is 0 Å². The summed E-state index contributed by atoms with van der Waals surface area (Å²) in [7, 11) is 0. The number of terminal acetylenes is 1. The summed E-state index contributed by atoms with van der Waals surface area (Å²) in [5.74, 6) is 2.55. The molecule has 1 rings (SSSR count). The molecule has 0 unspecified atom stereocenters. The van der Waals surface area contributed by atoms with Crippen LogP contribution in [0.5, 0.6) is 0 Å². The molecule has 1 nitrogen and oxygen atoms in total. The van der Waals surface area contributed by atoms with Gasteiger partial charge in [0, 0.05) is 12.0 Å². The molecule has 14 heavy (non-hydrogen) atoms. The van der Waals surface area contributed by atoms with Crippen molar-refractivity contribution in [3.63, 3.8) is 0 Å². The molecular weight excluding hydrogens is 170 g/mol. The molecule has 0 aliphatic carbocycles. The van der Waals surface area contributed by atoms with Gasteiger partial charge in [0.1, 0.15) is 0 Å². The summed E-state index contributed by atoms with van der Waals surface area (Å²) in [6.45, 7) is 3.92. The van der Waals surface area contributed by atoms with Gasteiger partial charge in [-0.25, -0.2) is 0 Å². The predicted molar refractivity (Wildman–Crippen MR) is 58.3 cm³/mol. The van der Waals surface area contributed by atoms with Crippen molar-refractivity contribution in [2.24, 2.45) is 0 Å². The highest BCUT2D eigenvalue weighted by Crippen LogP contribution is 2.17. The molecule has 0 heterocycles. The summed E-state index contributed by atoms with van der Waals surface area (Å²) >= 11 is 0. The Morgan fingerprint density at radius 3 is 2.50 bits per heavy atom. The van der Waals surface area contributed by atoms with Crippen molar-refractivity contribution >= 4 is 5.57 Å². The maximum Gasteiger partial charge on any atom is 0.0625 e. The summed E-state index contributed by atoms with van der Waals surface area (Å²) in [6.07, 6.45) is 6.46. The molecule has 0 aliphatic heterocycles. The van der Waals surface area contributed by atoms with E-state index in [1.807, 2.05) is 24.3 Å². The summed E-state index contributed by atoms with van der Waals surface area (Å²) < 4.78 is 0. The molecule has 0 saturated carbocycles. The highest BCUT2D eigenvalue weighted by molar-refractivity contribution is 5.64. The largest absolute Gasteiger partial charge is 0.198 e. The summed E-state index contributed by atoms with van der Waals surface area (Å²) in [5, 5.41) is 8.43. The fraction of sp³-hybridized carbons (Fsp3) is 0.154. The Morgan fingerprint density at radius 1 is 1.36 bits per heavy atom. The molecule has 0 spiro atoms. The first-order chi connectivity index (χ1) is 6.77. The van der Waals surface area contributed by atoms with E-state index in [9.17, 15) is 0 Å². The van der Waals surface area contributed by atoms with Gasteiger partial charge in [-0.1, -0.05) is 24.6 Å². The number of rotatable bonds is 3. The van der Waals surface area contributed by atoms with Crippen LogP contribution in [0, 0.1) is 23.7 Å². The van der Waals surface area contributed by atoms with Gasteiger partial charge in [0.2, 0.25) is 0 Å². The Hall–Kier alpha value is -1.99. The van der Waals surface area contributed by atoms with Crippen LogP contribution in [-0.4, -0.2) is 0 Å². The molecule has 0 N–H and O–H groups in total. The lowest BCUT2D eigenvalue weighted by Crippen LogP contribution is -1.83. The van der Waals surface area contributed by atoms with Gasteiger partial charge in [0.25, 0.3) is 0 Å². The van der Waals surface area contributed by atoms with Crippen molar-refractivity contribution in [2.75, 3.05) is 0 Å². The lowest BCUT2D eigenvalue weighted by Gasteiger charge is -2.02. The van der Waals surface area contributed by atoms with Crippen LogP contribution in [0.2, 0.25) is 0 Å². The number of allylic oxidation sites excluding steroid dienone is 1. The standard InChI is InChI=1S/C13H11N/c1-3-12-6-8-13(9-7-12)11(2)5-4-10-14/h1,6-9H,2,4-5H2. The predicted octanol–water partition coefficient (Wildman–Crippen LogP) is 2.98. The number of benzene rings is 1. The van der Waals surface area contributed by atoms with Crippen LogP contribution in [0.1, 0.15) is 24.0 Å². The van der Waals surface area contributed by atoms with Gasteiger partial charge in [0.15, 0.2) is 0 Å². The van der Waals surface area contributed by atoms with Crippen LogP contribution in [-0.2, 0) is 0 Å². The second kappa shape index (κ2) is 4.90. The van der Waals surface area contributed by atoms with Crippen molar-refractivity contribution in [3.05, 3.63) is 42.0 Å². The first-order valence-corrected chi connectivity index (χ1v) is 4.39. The molecule has 0 radical (unpaired) electrons. The van der Waals surface area contributed by atoms with E-state index in [-0.39, 0.29) is 0 Å². The van der Waals surface area contributed by atoms with Gasteiger partial charge in [0.05, 0.1) is 6.07 Å². The van der Waals surface area contributed by atoms with Gasteiger partial charge in [-0.3, -0.25) is 0 Å². The van der Waals surface area contributed by atoms with Crippen LogP contribution < -0.4 is 0 Å². The minimum atomic E-state index is 0.510. The van der Waals surface area contributed by atoms with E-state index in [1.54, 1.807) is 0 Å². The third-order valence-electron chi connectivity index (χ3n) is 2.00. The van der Waals surface area contributed by atoms with Crippen LogP contribution in [0.15, 0.2) is 30.8 Å². The zero-order valence-electron chi connectivity index (χ0n) is 7.96. The maximum absolute atomic E-state index is 8.43. The third kappa shape index (κ3) is 2.51. The molecule has 0 bridgehead atoms. The lowest BCUT2D eigenvalue weighted by atomic mass is 10.0. The molecule has 0 saturated heterocycles. The summed E-state index contributed by atoms with van der Waals surface area (Å²) in [5.41, 5.74) is 2.90. The molecule has 0 fully saturated rings. The van der Waals surface area contributed by atoms with Crippen LogP contribution in [0.4, 0.5) is 0 Å². The van der Waals surface area contributed by atoms with E-state index in [0.717, 1.165) is 16.7 Å². The Kier molecular flexibility index (Phi) is 3.53. The van der Waals surface area contributed by atoms with Gasteiger partial charge in [-0.2, -0.15) is 5.26 Å². The molecule has 1 aromatic carbocycles. The number of hydrogen-bond donors (Lipinski definition) is 0. The lowest BCUT2D eigenvalue weighted by molar-refractivity contribution is 1.08. The Morgan fingerprint density at radius 2 is 2.00 bits per heavy atom. The Bertz CT molecular complexity index is 398. The van der Waals surface area contributed by atoms with Gasteiger partial charge in [-0.05, 0) is 29.7 Å². The maximum atomic E-state index is 8.43. The minimum absolute atomic E-state index is 0.510. The Balaban J connectivity index is 2.74.